The first-order valence-electron chi connectivity index (χ1n) is 7.96. The number of Topliss-reactive ketones (excluding diaryl/α,β-unsaturated/α-hetero) is 1. The van der Waals surface area contributed by atoms with E-state index in [-0.39, 0.29) is 18.4 Å². The molecular weight excluding hydrogens is 310 g/mol. The minimum absolute atomic E-state index is 0.175. The number of carbonyl (C=O) groups excluding carboxylic acids is 3. The van der Waals surface area contributed by atoms with Gasteiger partial charge >= 0.3 is 12.0 Å². The second-order valence-corrected chi connectivity index (χ2v) is 6.65. The fourth-order valence-electron chi connectivity index (χ4n) is 3.45. The van der Waals surface area contributed by atoms with Crippen LogP contribution in [0.5, 0.6) is 0 Å². The molecule has 3 amide bonds. The molecule has 0 saturated carbocycles. The van der Waals surface area contributed by atoms with E-state index in [0.29, 0.717) is 11.8 Å². The molecular formula is C16H22N5O3+. The molecule has 2 aliphatic rings. The first kappa shape index (κ1) is 16.4. The zero-order valence-electron chi connectivity index (χ0n) is 14.8. The summed E-state index contributed by atoms with van der Waals surface area (Å²) in [4.78, 5) is 43.8. The number of hydrogen-bond donors (Lipinski definition) is 0. The second-order valence-electron chi connectivity index (χ2n) is 6.65. The molecule has 1 aromatic heterocycles. The number of aliphatic imine (C=N–C) groups is 1. The first-order valence-corrected chi connectivity index (χ1v) is 7.96. The lowest BCUT2D eigenvalue weighted by molar-refractivity contribution is -0.682. The third-order valence-corrected chi connectivity index (χ3v) is 4.65. The number of amidine groups is 1. The summed E-state index contributed by atoms with van der Waals surface area (Å²) in [5, 5.41) is 0. The lowest BCUT2D eigenvalue weighted by Crippen LogP contribution is -2.63. The standard InChI is InChI=1S/C16H22N5O3/c1-8(2)20-10(4)11(5)21-12-13(17-15(20)21)18(6)16(24)19(14(12)23)7-9(3)22/h8,12H,7H2,1-6H3/q+1. The summed E-state index contributed by atoms with van der Waals surface area (Å²) in [5.41, 5.74) is 1.97. The summed E-state index contributed by atoms with van der Waals surface area (Å²) >= 11 is 0. The Hall–Kier alpha value is -2.51. The van der Waals surface area contributed by atoms with Crippen molar-refractivity contribution in [3.63, 3.8) is 0 Å². The summed E-state index contributed by atoms with van der Waals surface area (Å²) in [6.45, 7) is 9.18. The second kappa shape index (κ2) is 5.25. The number of likely N-dealkylation sites (N-methyl/N-ethyl adjacent to an activating group) is 1. The third-order valence-electron chi connectivity index (χ3n) is 4.65. The largest absolute Gasteiger partial charge is 0.402 e. The number of amides is 3. The molecule has 1 fully saturated rings. The Balaban J connectivity index is 2.17. The summed E-state index contributed by atoms with van der Waals surface area (Å²) in [5.74, 6) is 0.441. The fraction of sp³-hybridized carbons (Fsp3) is 0.562. The van der Waals surface area contributed by atoms with E-state index in [4.69, 9.17) is 0 Å². The molecule has 1 saturated heterocycles. The lowest BCUT2D eigenvalue weighted by Gasteiger charge is -2.32. The summed E-state index contributed by atoms with van der Waals surface area (Å²) in [6, 6.07) is -1.03. The van der Waals surface area contributed by atoms with Crippen LogP contribution in [-0.4, -0.2) is 51.5 Å². The highest BCUT2D eigenvalue weighted by atomic mass is 16.2. The van der Waals surface area contributed by atoms with Crippen molar-refractivity contribution in [2.45, 2.75) is 46.7 Å². The molecule has 0 aliphatic carbocycles. The van der Waals surface area contributed by atoms with Gasteiger partial charge in [0.15, 0.2) is 0 Å². The zero-order valence-corrected chi connectivity index (χ0v) is 14.8. The van der Waals surface area contributed by atoms with Crippen LogP contribution in [0.25, 0.3) is 0 Å². The van der Waals surface area contributed by atoms with Gasteiger partial charge in [-0.3, -0.25) is 19.4 Å². The van der Waals surface area contributed by atoms with Crippen molar-refractivity contribution in [2.24, 2.45) is 4.99 Å². The molecule has 128 valence electrons. The van der Waals surface area contributed by atoms with Gasteiger partial charge < -0.3 is 0 Å². The van der Waals surface area contributed by atoms with Gasteiger partial charge in [0.05, 0.1) is 12.6 Å². The number of ketones is 1. The quantitative estimate of drug-likeness (QED) is 0.776. The predicted octanol–water partition coefficient (Wildman–Crippen LogP) is 1.04. The van der Waals surface area contributed by atoms with Crippen molar-refractivity contribution in [1.29, 1.82) is 0 Å². The van der Waals surface area contributed by atoms with Gasteiger partial charge in [-0.1, -0.05) is 4.99 Å². The van der Waals surface area contributed by atoms with Crippen LogP contribution in [0, 0.1) is 13.8 Å². The molecule has 3 rings (SSSR count). The van der Waals surface area contributed by atoms with Crippen molar-refractivity contribution in [3.8, 4) is 0 Å². The van der Waals surface area contributed by atoms with Gasteiger partial charge in [-0.25, -0.2) is 13.9 Å². The van der Waals surface area contributed by atoms with Crippen LogP contribution >= 0.6 is 0 Å². The summed E-state index contributed by atoms with van der Waals surface area (Å²) < 4.78 is 3.92. The van der Waals surface area contributed by atoms with Gasteiger partial charge in [0, 0.05) is 7.05 Å². The normalized spacial score (nSPS) is 19.8. The highest BCUT2D eigenvalue weighted by Gasteiger charge is 2.54. The molecule has 8 heteroatoms. The molecule has 1 aromatic rings. The average Bonchev–Trinajstić information content (AvgIpc) is 2.98. The van der Waals surface area contributed by atoms with E-state index < -0.39 is 18.0 Å². The van der Waals surface area contributed by atoms with Gasteiger partial charge in [0.25, 0.3) is 5.91 Å². The van der Waals surface area contributed by atoms with Crippen molar-refractivity contribution >= 4 is 29.5 Å². The third kappa shape index (κ3) is 2.02. The lowest BCUT2D eigenvalue weighted by atomic mass is 10.1. The Labute approximate surface area is 140 Å². The van der Waals surface area contributed by atoms with E-state index in [0.717, 1.165) is 16.3 Å². The van der Waals surface area contributed by atoms with E-state index in [1.54, 1.807) is 7.05 Å². The van der Waals surface area contributed by atoms with Crippen LogP contribution in [-0.2, 0) is 9.59 Å². The van der Waals surface area contributed by atoms with Gasteiger partial charge in [0.2, 0.25) is 11.9 Å². The molecule has 0 aromatic carbocycles. The zero-order chi connectivity index (χ0) is 17.9. The van der Waals surface area contributed by atoms with Crippen LogP contribution in [0.1, 0.15) is 44.2 Å². The maximum absolute atomic E-state index is 12.9. The van der Waals surface area contributed by atoms with Gasteiger partial charge in [0.1, 0.15) is 17.2 Å². The molecule has 0 spiro atoms. The van der Waals surface area contributed by atoms with Crippen molar-refractivity contribution in [3.05, 3.63) is 11.4 Å². The van der Waals surface area contributed by atoms with Gasteiger partial charge in [-0.15, -0.1) is 0 Å². The Morgan fingerprint density at radius 1 is 1.29 bits per heavy atom. The van der Waals surface area contributed by atoms with E-state index in [2.05, 4.69) is 9.56 Å². The Morgan fingerprint density at radius 3 is 2.46 bits per heavy atom. The van der Waals surface area contributed by atoms with E-state index in [1.165, 1.54) is 11.8 Å². The van der Waals surface area contributed by atoms with E-state index >= 15 is 0 Å². The van der Waals surface area contributed by atoms with Crippen molar-refractivity contribution in [2.75, 3.05) is 13.6 Å². The first-order chi connectivity index (χ1) is 11.2. The number of urea groups is 1. The van der Waals surface area contributed by atoms with Crippen molar-refractivity contribution in [1.82, 2.24) is 14.4 Å². The van der Waals surface area contributed by atoms with Crippen LogP contribution in [0.15, 0.2) is 4.99 Å². The molecule has 0 bridgehead atoms. The summed E-state index contributed by atoms with van der Waals surface area (Å²) in [7, 11) is 1.59. The minimum atomic E-state index is -0.694. The topological polar surface area (TPSA) is 78.9 Å². The fourth-order valence-corrected chi connectivity index (χ4v) is 3.45. The molecule has 2 aliphatic heterocycles. The van der Waals surface area contributed by atoms with Crippen molar-refractivity contribution < 1.29 is 19.0 Å². The van der Waals surface area contributed by atoms with Gasteiger partial charge in [-0.2, -0.15) is 0 Å². The minimum Gasteiger partial charge on any atom is -0.298 e. The van der Waals surface area contributed by atoms with Crippen LogP contribution in [0.3, 0.4) is 0 Å². The number of aromatic nitrogens is 2. The molecule has 0 radical (unpaired) electrons. The predicted molar refractivity (Wildman–Crippen MR) is 86.2 cm³/mol. The molecule has 8 nitrogen and oxygen atoms in total. The smallest absolute Gasteiger partial charge is 0.298 e. The Morgan fingerprint density at radius 2 is 1.92 bits per heavy atom. The molecule has 24 heavy (non-hydrogen) atoms. The molecule has 3 heterocycles. The number of nitrogens with zero attached hydrogens (tertiary/aromatic N) is 5. The number of imidazole rings is 1. The van der Waals surface area contributed by atoms with Crippen LogP contribution < -0.4 is 4.57 Å². The summed E-state index contributed by atoms with van der Waals surface area (Å²) in [6.07, 6.45) is 0. The Kier molecular flexibility index (Phi) is 3.58. The molecule has 1 atom stereocenters. The van der Waals surface area contributed by atoms with Gasteiger partial charge in [-0.05, 0) is 34.6 Å². The highest BCUT2D eigenvalue weighted by Crippen LogP contribution is 2.32. The number of carbonyl (C=O) groups is 3. The SMILES string of the molecule is CC(=O)CN1C(=O)C2C(=Nc3n(C(C)C)c(C)c(C)[n+]32)N(C)C1=O. The maximum atomic E-state index is 12.9. The van der Waals surface area contributed by atoms with Crippen LogP contribution in [0.4, 0.5) is 10.7 Å². The number of hydrogen-bond acceptors (Lipinski definition) is 4. The number of rotatable bonds is 3. The van der Waals surface area contributed by atoms with Crippen LogP contribution in [0.2, 0.25) is 0 Å². The molecule has 1 unspecified atom stereocenters. The highest BCUT2D eigenvalue weighted by molar-refractivity contribution is 6.19. The maximum Gasteiger partial charge on any atom is 0.402 e. The number of imide groups is 1. The average molecular weight is 332 g/mol. The molecule has 0 N–H and O–H groups in total. The van der Waals surface area contributed by atoms with E-state index in [9.17, 15) is 14.4 Å². The Bertz CT molecular complexity index is 805. The van der Waals surface area contributed by atoms with E-state index in [1.807, 2.05) is 32.3 Å². The number of fused-ring (bicyclic) bond motifs is 3. The monoisotopic (exact) mass is 332 g/mol.